The first kappa shape index (κ1) is 13.8. The molecule has 0 aromatic heterocycles. The largest absolute Gasteiger partial charge is 0.494 e. The molecule has 19 heavy (non-hydrogen) atoms. The van der Waals surface area contributed by atoms with Crippen molar-refractivity contribution in [3.8, 4) is 5.75 Å². The minimum absolute atomic E-state index is 0.694. The molecule has 0 amide bonds. The Morgan fingerprint density at radius 3 is 2.53 bits per heavy atom. The summed E-state index contributed by atoms with van der Waals surface area (Å²) in [5.74, 6) is 0.908. The Kier molecular flexibility index (Phi) is 4.69. The Morgan fingerprint density at radius 1 is 1.11 bits per heavy atom. The molecule has 0 spiro atoms. The molecule has 0 aliphatic carbocycles. The Balaban J connectivity index is 2.00. The molecule has 0 aliphatic heterocycles. The Bertz CT molecular complexity index is 537. The molecule has 0 radical (unpaired) electrons. The van der Waals surface area contributed by atoms with E-state index in [2.05, 4.69) is 24.4 Å². The van der Waals surface area contributed by atoms with Crippen LogP contribution in [-0.4, -0.2) is 6.61 Å². The van der Waals surface area contributed by atoms with Crippen LogP contribution in [0.1, 0.15) is 18.1 Å². The van der Waals surface area contributed by atoms with Gasteiger partial charge in [0, 0.05) is 17.3 Å². The van der Waals surface area contributed by atoms with Crippen LogP contribution in [0.2, 0.25) is 5.02 Å². The monoisotopic (exact) mass is 275 g/mol. The third-order valence-corrected chi connectivity index (χ3v) is 3.15. The third-order valence-electron chi connectivity index (χ3n) is 2.92. The number of aryl methyl sites for hydroxylation is 1. The maximum absolute atomic E-state index is 6.00. The van der Waals surface area contributed by atoms with Crippen LogP contribution in [0.3, 0.4) is 0 Å². The van der Waals surface area contributed by atoms with Gasteiger partial charge in [0.05, 0.1) is 6.61 Å². The summed E-state index contributed by atoms with van der Waals surface area (Å²) in [4.78, 5) is 0. The average Bonchev–Trinajstić information content (AvgIpc) is 2.42. The van der Waals surface area contributed by atoms with Gasteiger partial charge in [-0.15, -0.1) is 0 Å². The summed E-state index contributed by atoms with van der Waals surface area (Å²) < 4.78 is 5.42. The van der Waals surface area contributed by atoms with Crippen molar-refractivity contribution in [2.75, 3.05) is 11.9 Å². The maximum atomic E-state index is 6.00. The van der Waals surface area contributed by atoms with Gasteiger partial charge < -0.3 is 10.1 Å². The summed E-state index contributed by atoms with van der Waals surface area (Å²) in [6.07, 6.45) is 0. The predicted octanol–water partition coefficient (Wildman–Crippen LogP) is 4.66. The lowest BCUT2D eigenvalue weighted by molar-refractivity contribution is 0.340. The molecule has 0 unspecified atom stereocenters. The molecule has 2 aromatic rings. The fraction of sp³-hybridized carbons (Fsp3) is 0.250. The molecular weight excluding hydrogens is 258 g/mol. The van der Waals surface area contributed by atoms with Crippen molar-refractivity contribution in [3.05, 3.63) is 58.6 Å². The van der Waals surface area contributed by atoms with E-state index in [1.165, 1.54) is 11.1 Å². The molecule has 2 nitrogen and oxygen atoms in total. The van der Waals surface area contributed by atoms with Crippen molar-refractivity contribution in [1.82, 2.24) is 0 Å². The summed E-state index contributed by atoms with van der Waals surface area (Å²) in [6.45, 7) is 5.52. The van der Waals surface area contributed by atoms with E-state index >= 15 is 0 Å². The van der Waals surface area contributed by atoms with Crippen LogP contribution < -0.4 is 10.1 Å². The fourth-order valence-corrected chi connectivity index (χ4v) is 2.02. The van der Waals surface area contributed by atoms with Crippen molar-refractivity contribution >= 4 is 17.3 Å². The summed E-state index contributed by atoms with van der Waals surface area (Å²) in [5, 5.41) is 4.15. The maximum Gasteiger partial charge on any atom is 0.119 e. The first-order valence-electron chi connectivity index (χ1n) is 6.41. The standard InChI is InChI=1S/C16H18ClNO/c1-3-19-15-8-5-13(6-9-15)11-18-16-10-14(17)7-4-12(16)2/h4-10,18H,3,11H2,1-2H3. The highest BCUT2D eigenvalue weighted by molar-refractivity contribution is 6.30. The zero-order chi connectivity index (χ0) is 13.7. The van der Waals surface area contributed by atoms with Crippen LogP contribution in [-0.2, 0) is 6.54 Å². The highest BCUT2D eigenvalue weighted by Crippen LogP contribution is 2.21. The van der Waals surface area contributed by atoms with E-state index in [0.717, 1.165) is 23.0 Å². The van der Waals surface area contributed by atoms with Crippen molar-refractivity contribution in [3.63, 3.8) is 0 Å². The zero-order valence-electron chi connectivity index (χ0n) is 11.2. The fourth-order valence-electron chi connectivity index (χ4n) is 1.85. The molecule has 0 saturated carbocycles. The van der Waals surface area contributed by atoms with Gasteiger partial charge in [0.15, 0.2) is 0 Å². The smallest absolute Gasteiger partial charge is 0.119 e. The number of hydrogen-bond donors (Lipinski definition) is 1. The second-order valence-electron chi connectivity index (χ2n) is 4.39. The summed E-state index contributed by atoms with van der Waals surface area (Å²) in [6, 6.07) is 14.0. The third kappa shape index (κ3) is 3.90. The van der Waals surface area contributed by atoms with Gasteiger partial charge in [-0.25, -0.2) is 0 Å². The number of ether oxygens (including phenoxy) is 1. The molecule has 0 atom stereocenters. The second-order valence-corrected chi connectivity index (χ2v) is 4.83. The molecular formula is C16H18ClNO. The molecule has 100 valence electrons. The number of benzene rings is 2. The van der Waals surface area contributed by atoms with E-state index in [9.17, 15) is 0 Å². The van der Waals surface area contributed by atoms with Crippen LogP contribution >= 0.6 is 11.6 Å². The van der Waals surface area contributed by atoms with E-state index < -0.39 is 0 Å². The van der Waals surface area contributed by atoms with Gasteiger partial charge in [-0.2, -0.15) is 0 Å². The van der Waals surface area contributed by atoms with Crippen molar-refractivity contribution in [2.24, 2.45) is 0 Å². The minimum Gasteiger partial charge on any atom is -0.494 e. The van der Waals surface area contributed by atoms with Crippen LogP contribution in [0.4, 0.5) is 5.69 Å². The summed E-state index contributed by atoms with van der Waals surface area (Å²) in [7, 11) is 0. The number of halogens is 1. The number of anilines is 1. The van der Waals surface area contributed by atoms with Crippen LogP contribution in [0.15, 0.2) is 42.5 Å². The lowest BCUT2D eigenvalue weighted by Gasteiger charge is -2.10. The van der Waals surface area contributed by atoms with Gasteiger partial charge in [0.1, 0.15) is 5.75 Å². The molecule has 1 N–H and O–H groups in total. The second kappa shape index (κ2) is 6.48. The lowest BCUT2D eigenvalue weighted by atomic mass is 10.1. The molecule has 3 heteroatoms. The lowest BCUT2D eigenvalue weighted by Crippen LogP contribution is -2.01. The summed E-state index contributed by atoms with van der Waals surface area (Å²) in [5.41, 5.74) is 3.47. The van der Waals surface area contributed by atoms with Gasteiger partial charge in [-0.3, -0.25) is 0 Å². The molecule has 0 bridgehead atoms. The van der Waals surface area contributed by atoms with Crippen molar-refractivity contribution in [2.45, 2.75) is 20.4 Å². The summed E-state index contributed by atoms with van der Waals surface area (Å²) >= 11 is 6.00. The molecule has 0 aliphatic rings. The number of hydrogen-bond acceptors (Lipinski definition) is 2. The SMILES string of the molecule is CCOc1ccc(CNc2cc(Cl)ccc2C)cc1. The van der Waals surface area contributed by atoms with E-state index in [0.29, 0.717) is 6.61 Å². The Labute approximate surface area is 119 Å². The first-order chi connectivity index (χ1) is 9.19. The van der Waals surface area contributed by atoms with Crippen LogP contribution in [0.25, 0.3) is 0 Å². The zero-order valence-corrected chi connectivity index (χ0v) is 12.0. The van der Waals surface area contributed by atoms with Crippen molar-refractivity contribution in [1.29, 1.82) is 0 Å². The predicted molar refractivity (Wildman–Crippen MR) is 81.1 cm³/mol. The first-order valence-corrected chi connectivity index (χ1v) is 6.78. The van der Waals surface area contributed by atoms with E-state index in [1.54, 1.807) is 0 Å². The van der Waals surface area contributed by atoms with Crippen molar-refractivity contribution < 1.29 is 4.74 Å². The molecule has 0 fully saturated rings. The van der Waals surface area contributed by atoms with E-state index in [1.807, 2.05) is 37.3 Å². The number of nitrogens with one attached hydrogen (secondary N) is 1. The van der Waals surface area contributed by atoms with Gasteiger partial charge in [0.25, 0.3) is 0 Å². The van der Waals surface area contributed by atoms with E-state index in [4.69, 9.17) is 16.3 Å². The van der Waals surface area contributed by atoms with Crippen LogP contribution in [0.5, 0.6) is 5.75 Å². The number of rotatable bonds is 5. The topological polar surface area (TPSA) is 21.3 Å². The quantitative estimate of drug-likeness (QED) is 0.857. The normalized spacial score (nSPS) is 10.3. The minimum atomic E-state index is 0.694. The Morgan fingerprint density at radius 2 is 1.84 bits per heavy atom. The van der Waals surface area contributed by atoms with Crippen LogP contribution in [0, 0.1) is 6.92 Å². The Hall–Kier alpha value is -1.67. The van der Waals surface area contributed by atoms with Gasteiger partial charge in [-0.1, -0.05) is 29.8 Å². The highest BCUT2D eigenvalue weighted by atomic mass is 35.5. The average molecular weight is 276 g/mol. The molecule has 0 heterocycles. The molecule has 0 saturated heterocycles. The molecule has 2 rings (SSSR count). The highest BCUT2D eigenvalue weighted by Gasteiger charge is 2.00. The van der Waals surface area contributed by atoms with Gasteiger partial charge in [-0.05, 0) is 49.2 Å². The molecule has 2 aromatic carbocycles. The van der Waals surface area contributed by atoms with E-state index in [-0.39, 0.29) is 0 Å². The van der Waals surface area contributed by atoms with Gasteiger partial charge in [0.2, 0.25) is 0 Å². The van der Waals surface area contributed by atoms with Gasteiger partial charge >= 0.3 is 0 Å².